The Labute approximate surface area is 104 Å². The Kier molecular flexibility index (Phi) is 2.56. The van der Waals surface area contributed by atoms with Crippen LogP contribution in [0.3, 0.4) is 0 Å². The second-order valence-electron chi connectivity index (χ2n) is 4.72. The van der Waals surface area contributed by atoms with E-state index in [9.17, 15) is 9.59 Å². The molecule has 0 aliphatic carbocycles. The maximum absolute atomic E-state index is 11.8. The monoisotopic (exact) mass is 246 g/mol. The average molecular weight is 246 g/mol. The van der Waals surface area contributed by atoms with Crippen LogP contribution >= 0.6 is 0 Å². The van der Waals surface area contributed by atoms with Gasteiger partial charge in [0.15, 0.2) is 0 Å². The third kappa shape index (κ3) is 1.67. The quantitative estimate of drug-likeness (QED) is 0.793. The van der Waals surface area contributed by atoms with Crippen LogP contribution in [0, 0.1) is 0 Å². The molecule has 0 saturated carbocycles. The fourth-order valence-corrected chi connectivity index (χ4v) is 2.90. The summed E-state index contributed by atoms with van der Waals surface area (Å²) >= 11 is 0. The molecule has 5 heteroatoms. The predicted octanol–water partition coefficient (Wildman–Crippen LogP) is 0.414. The SMILES string of the molecule is O=C(O)CN1CCc2cccc3c2C1CNC3=O. The van der Waals surface area contributed by atoms with Gasteiger partial charge in [-0.1, -0.05) is 12.1 Å². The van der Waals surface area contributed by atoms with Crippen molar-refractivity contribution < 1.29 is 14.7 Å². The summed E-state index contributed by atoms with van der Waals surface area (Å²) in [5.41, 5.74) is 2.89. The van der Waals surface area contributed by atoms with Crippen LogP contribution in [0.5, 0.6) is 0 Å². The Morgan fingerprint density at radius 3 is 3.11 bits per heavy atom. The maximum atomic E-state index is 11.8. The van der Waals surface area contributed by atoms with Crippen LogP contribution in [0.25, 0.3) is 0 Å². The predicted molar refractivity (Wildman–Crippen MR) is 64.4 cm³/mol. The zero-order valence-corrected chi connectivity index (χ0v) is 9.85. The largest absolute Gasteiger partial charge is 0.480 e. The van der Waals surface area contributed by atoms with E-state index in [1.165, 1.54) is 5.56 Å². The van der Waals surface area contributed by atoms with E-state index in [0.717, 1.165) is 18.5 Å². The molecule has 94 valence electrons. The highest BCUT2D eigenvalue weighted by Gasteiger charge is 2.35. The number of hydrogen-bond acceptors (Lipinski definition) is 3. The molecule has 3 rings (SSSR count). The van der Waals surface area contributed by atoms with E-state index in [-0.39, 0.29) is 18.5 Å². The lowest BCUT2D eigenvalue weighted by molar-refractivity contribution is -0.139. The number of carboxylic acid groups (broad SMARTS) is 1. The van der Waals surface area contributed by atoms with Gasteiger partial charge < -0.3 is 10.4 Å². The van der Waals surface area contributed by atoms with Crippen molar-refractivity contribution in [2.24, 2.45) is 0 Å². The number of hydrogen-bond donors (Lipinski definition) is 2. The lowest BCUT2D eigenvalue weighted by Crippen LogP contribution is -2.48. The van der Waals surface area contributed by atoms with Crippen molar-refractivity contribution >= 4 is 11.9 Å². The van der Waals surface area contributed by atoms with Gasteiger partial charge in [-0.3, -0.25) is 14.5 Å². The Morgan fingerprint density at radius 2 is 2.33 bits per heavy atom. The molecule has 2 aliphatic rings. The van der Waals surface area contributed by atoms with E-state index >= 15 is 0 Å². The summed E-state index contributed by atoms with van der Waals surface area (Å²) in [5.74, 6) is -0.881. The minimum absolute atomic E-state index is 0.00116. The summed E-state index contributed by atoms with van der Waals surface area (Å²) < 4.78 is 0. The van der Waals surface area contributed by atoms with Crippen LogP contribution < -0.4 is 5.32 Å². The minimum atomic E-state index is -0.826. The van der Waals surface area contributed by atoms with E-state index in [1.54, 1.807) is 0 Å². The number of amides is 1. The number of benzene rings is 1. The van der Waals surface area contributed by atoms with Crippen molar-refractivity contribution in [3.8, 4) is 0 Å². The Bertz CT molecular complexity index is 527. The minimum Gasteiger partial charge on any atom is -0.480 e. The highest BCUT2D eigenvalue weighted by atomic mass is 16.4. The molecule has 1 aromatic rings. The molecular formula is C13H14N2O3. The van der Waals surface area contributed by atoms with E-state index in [1.807, 2.05) is 23.1 Å². The van der Waals surface area contributed by atoms with Gasteiger partial charge in [-0.05, 0) is 23.6 Å². The fourth-order valence-electron chi connectivity index (χ4n) is 2.90. The number of rotatable bonds is 2. The maximum Gasteiger partial charge on any atom is 0.317 e. The van der Waals surface area contributed by atoms with Gasteiger partial charge in [0.2, 0.25) is 0 Å². The first-order valence-electron chi connectivity index (χ1n) is 6.02. The lowest BCUT2D eigenvalue weighted by Gasteiger charge is -2.39. The van der Waals surface area contributed by atoms with Crippen molar-refractivity contribution in [3.05, 3.63) is 34.9 Å². The number of carbonyl (C=O) groups is 2. The molecule has 0 saturated heterocycles. The molecule has 1 unspecified atom stereocenters. The summed E-state index contributed by atoms with van der Waals surface area (Å²) in [4.78, 5) is 24.6. The molecule has 5 nitrogen and oxygen atoms in total. The fraction of sp³-hybridized carbons (Fsp3) is 0.385. The molecule has 2 N–H and O–H groups in total. The van der Waals surface area contributed by atoms with Gasteiger partial charge in [-0.25, -0.2) is 0 Å². The molecule has 2 aliphatic heterocycles. The summed E-state index contributed by atoms with van der Waals surface area (Å²) in [6.45, 7) is 1.24. The molecule has 1 amide bonds. The first kappa shape index (κ1) is 11.2. The molecule has 1 atom stereocenters. The van der Waals surface area contributed by atoms with Gasteiger partial charge in [0.05, 0.1) is 12.6 Å². The van der Waals surface area contributed by atoms with E-state index < -0.39 is 5.97 Å². The van der Waals surface area contributed by atoms with Crippen LogP contribution in [0.15, 0.2) is 18.2 Å². The highest BCUT2D eigenvalue weighted by Crippen LogP contribution is 2.34. The Morgan fingerprint density at radius 1 is 1.50 bits per heavy atom. The third-order valence-electron chi connectivity index (χ3n) is 3.68. The summed E-state index contributed by atoms with van der Waals surface area (Å²) in [5, 5.41) is 11.8. The first-order valence-corrected chi connectivity index (χ1v) is 6.02. The van der Waals surface area contributed by atoms with Crippen molar-refractivity contribution in [2.45, 2.75) is 12.5 Å². The standard InChI is InChI=1S/C13H14N2O3/c16-11(17)7-15-5-4-8-2-1-3-9-12(8)10(15)6-14-13(9)18/h1-3,10H,4-7H2,(H,14,18)(H,16,17). The number of nitrogens with one attached hydrogen (secondary N) is 1. The molecule has 1 aromatic carbocycles. The summed E-state index contributed by atoms with van der Waals surface area (Å²) in [7, 11) is 0. The normalized spacial score (nSPS) is 22.2. The molecule has 2 heterocycles. The zero-order chi connectivity index (χ0) is 12.7. The van der Waals surface area contributed by atoms with Crippen LogP contribution in [0.2, 0.25) is 0 Å². The van der Waals surface area contributed by atoms with Crippen LogP contribution in [-0.2, 0) is 11.2 Å². The molecule has 0 radical (unpaired) electrons. The van der Waals surface area contributed by atoms with Crippen LogP contribution in [0.4, 0.5) is 0 Å². The third-order valence-corrected chi connectivity index (χ3v) is 3.68. The smallest absolute Gasteiger partial charge is 0.317 e. The van der Waals surface area contributed by atoms with Crippen molar-refractivity contribution in [3.63, 3.8) is 0 Å². The van der Waals surface area contributed by atoms with E-state index in [4.69, 9.17) is 5.11 Å². The number of carbonyl (C=O) groups excluding carboxylic acids is 1. The van der Waals surface area contributed by atoms with Crippen molar-refractivity contribution in [2.75, 3.05) is 19.6 Å². The topological polar surface area (TPSA) is 69.6 Å². The highest BCUT2D eigenvalue weighted by molar-refractivity contribution is 5.97. The van der Waals surface area contributed by atoms with Gasteiger partial charge in [-0.15, -0.1) is 0 Å². The Balaban J connectivity index is 2.04. The second-order valence-corrected chi connectivity index (χ2v) is 4.72. The molecular weight excluding hydrogens is 232 g/mol. The molecule has 0 aromatic heterocycles. The molecule has 0 fully saturated rings. The average Bonchev–Trinajstić information content (AvgIpc) is 2.35. The van der Waals surface area contributed by atoms with Crippen molar-refractivity contribution in [1.82, 2.24) is 10.2 Å². The van der Waals surface area contributed by atoms with E-state index in [0.29, 0.717) is 12.1 Å². The van der Waals surface area contributed by atoms with Gasteiger partial charge in [0, 0.05) is 18.7 Å². The summed E-state index contributed by atoms with van der Waals surface area (Å²) in [6.07, 6.45) is 0.806. The number of nitrogens with zero attached hydrogens (tertiary/aromatic N) is 1. The zero-order valence-electron chi connectivity index (χ0n) is 9.85. The second kappa shape index (κ2) is 4.10. The Hall–Kier alpha value is -1.88. The number of carboxylic acids is 1. The van der Waals surface area contributed by atoms with E-state index in [2.05, 4.69) is 5.32 Å². The van der Waals surface area contributed by atoms with Crippen LogP contribution in [0.1, 0.15) is 27.5 Å². The van der Waals surface area contributed by atoms with Gasteiger partial charge in [-0.2, -0.15) is 0 Å². The number of aliphatic carboxylic acids is 1. The lowest BCUT2D eigenvalue weighted by atomic mass is 9.86. The van der Waals surface area contributed by atoms with Gasteiger partial charge in [0.25, 0.3) is 5.91 Å². The van der Waals surface area contributed by atoms with Crippen molar-refractivity contribution in [1.29, 1.82) is 0 Å². The van der Waals surface area contributed by atoms with Crippen LogP contribution in [-0.4, -0.2) is 41.5 Å². The molecule has 0 spiro atoms. The summed E-state index contributed by atoms with van der Waals surface area (Å²) in [6, 6.07) is 5.73. The molecule has 0 bridgehead atoms. The van der Waals surface area contributed by atoms with Gasteiger partial charge in [0.1, 0.15) is 0 Å². The molecule has 18 heavy (non-hydrogen) atoms. The van der Waals surface area contributed by atoms with Gasteiger partial charge >= 0.3 is 5.97 Å². The first-order chi connectivity index (χ1) is 8.66.